The predicted molar refractivity (Wildman–Crippen MR) is 75.4 cm³/mol. The molecule has 0 radical (unpaired) electrons. The number of fused-ring (bicyclic) bond motifs is 1. The van der Waals surface area contributed by atoms with E-state index in [1.807, 2.05) is 18.3 Å². The van der Waals surface area contributed by atoms with E-state index in [2.05, 4.69) is 27.9 Å². The maximum Gasteiger partial charge on any atom is 0.133 e. The van der Waals surface area contributed by atoms with Gasteiger partial charge in [-0.2, -0.15) is 0 Å². The summed E-state index contributed by atoms with van der Waals surface area (Å²) in [6, 6.07) is 6.03. The molecule has 0 saturated heterocycles. The van der Waals surface area contributed by atoms with Gasteiger partial charge in [-0.25, -0.2) is 9.97 Å². The highest BCUT2D eigenvalue weighted by atomic mass is 35.5. The summed E-state index contributed by atoms with van der Waals surface area (Å²) in [7, 11) is 0. The molecule has 3 rings (SSSR count). The molecule has 4 heteroatoms. The molecule has 98 valence electrons. The third-order valence-corrected chi connectivity index (χ3v) is 3.74. The largest absolute Gasteiger partial charge is 0.260 e. The highest BCUT2D eigenvalue weighted by Gasteiger charge is 2.26. The smallest absolute Gasteiger partial charge is 0.133 e. The second-order valence-corrected chi connectivity index (χ2v) is 5.31. The van der Waals surface area contributed by atoms with Crippen LogP contribution in [0.3, 0.4) is 0 Å². The lowest BCUT2D eigenvalue weighted by molar-refractivity contribution is 0.721. The summed E-state index contributed by atoms with van der Waals surface area (Å²) in [5.41, 5.74) is 3.50. The van der Waals surface area contributed by atoms with Crippen LogP contribution < -0.4 is 0 Å². The summed E-state index contributed by atoms with van der Waals surface area (Å²) in [6.07, 6.45) is 5.88. The number of hydrogen-bond donors (Lipinski definition) is 0. The Morgan fingerprint density at radius 3 is 3.11 bits per heavy atom. The first-order valence-electron chi connectivity index (χ1n) is 6.75. The van der Waals surface area contributed by atoms with Crippen molar-refractivity contribution in [1.29, 1.82) is 0 Å². The maximum atomic E-state index is 6.12. The molecule has 0 aromatic carbocycles. The molecule has 0 spiro atoms. The number of halogens is 1. The third kappa shape index (κ3) is 2.47. The second-order valence-electron chi connectivity index (χ2n) is 4.92. The van der Waals surface area contributed by atoms with Crippen LogP contribution in [0.15, 0.2) is 24.4 Å². The molecular weight excluding hydrogens is 258 g/mol. The van der Waals surface area contributed by atoms with Gasteiger partial charge in [-0.3, -0.25) is 4.98 Å². The minimum absolute atomic E-state index is 0.271. The Hall–Kier alpha value is -1.48. The quantitative estimate of drug-likeness (QED) is 0.803. The van der Waals surface area contributed by atoms with E-state index in [0.29, 0.717) is 5.15 Å². The molecule has 2 aromatic heterocycles. The Morgan fingerprint density at radius 2 is 2.26 bits per heavy atom. The molecule has 0 aliphatic heterocycles. The van der Waals surface area contributed by atoms with Gasteiger partial charge in [0.1, 0.15) is 11.0 Å². The van der Waals surface area contributed by atoms with E-state index in [-0.39, 0.29) is 5.92 Å². The number of rotatable bonds is 3. The maximum absolute atomic E-state index is 6.12. The van der Waals surface area contributed by atoms with E-state index < -0.39 is 0 Å². The van der Waals surface area contributed by atoms with Crippen LogP contribution in [0.1, 0.15) is 48.5 Å². The van der Waals surface area contributed by atoms with E-state index in [4.69, 9.17) is 11.6 Å². The number of hydrogen-bond acceptors (Lipinski definition) is 3. The van der Waals surface area contributed by atoms with Gasteiger partial charge < -0.3 is 0 Å². The van der Waals surface area contributed by atoms with Crippen molar-refractivity contribution in [2.45, 2.75) is 38.5 Å². The van der Waals surface area contributed by atoms with Gasteiger partial charge in [0.05, 0.1) is 11.4 Å². The molecule has 0 saturated carbocycles. The van der Waals surface area contributed by atoms with Crippen LogP contribution in [0.4, 0.5) is 0 Å². The number of aryl methyl sites for hydroxylation is 2. The molecule has 19 heavy (non-hydrogen) atoms. The monoisotopic (exact) mass is 273 g/mol. The first kappa shape index (κ1) is 12.5. The van der Waals surface area contributed by atoms with Crippen molar-refractivity contribution in [2.75, 3.05) is 0 Å². The second kappa shape index (κ2) is 5.25. The molecule has 1 aliphatic carbocycles. The molecule has 1 aliphatic rings. The first-order chi connectivity index (χ1) is 9.28. The van der Waals surface area contributed by atoms with Crippen molar-refractivity contribution in [1.82, 2.24) is 15.0 Å². The van der Waals surface area contributed by atoms with Crippen molar-refractivity contribution < 1.29 is 0 Å². The standard InChI is InChI=1S/C15H16ClN3/c1-2-4-14-18-12(9-13(16)19-14)11-7-6-10-5-3-8-17-15(10)11/h3,5,8-9,11H,2,4,6-7H2,1H3. The number of nitrogens with zero attached hydrogens (tertiary/aromatic N) is 3. The zero-order chi connectivity index (χ0) is 13.2. The van der Waals surface area contributed by atoms with Gasteiger partial charge in [0.2, 0.25) is 0 Å². The zero-order valence-electron chi connectivity index (χ0n) is 10.9. The Balaban J connectivity index is 1.99. The molecule has 2 heterocycles. The molecule has 0 N–H and O–H groups in total. The van der Waals surface area contributed by atoms with Crippen LogP contribution in [0.25, 0.3) is 0 Å². The summed E-state index contributed by atoms with van der Waals surface area (Å²) < 4.78 is 0. The average molecular weight is 274 g/mol. The number of pyridine rings is 1. The van der Waals surface area contributed by atoms with Crippen LogP contribution in [0, 0.1) is 0 Å². The minimum atomic E-state index is 0.271. The summed E-state index contributed by atoms with van der Waals surface area (Å²) in [5.74, 6) is 1.11. The van der Waals surface area contributed by atoms with Crippen molar-refractivity contribution in [3.63, 3.8) is 0 Å². The zero-order valence-corrected chi connectivity index (χ0v) is 11.7. The minimum Gasteiger partial charge on any atom is -0.260 e. The van der Waals surface area contributed by atoms with Gasteiger partial charge in [-0.05, 0) is 37.0 Å². The van der Waals surface area contributed by atoms with Crippen molar-refractivity contribution >= 4 is 11.6 Å². The lowest BCUT2D eigenvalue weighted by atomic mass is 10.0. The summed E-state index contributed by atoms with van der Waals surface area (Å²) in [4.78, 5) is 13.5. The fourth-order valence-corrected chi connectivity index (χ4v) is 2.91. The van der Waals surface area contributed by atoms with Gasteiger partial charge in [0, 0.05) is 18.5 Å². The highest BCUT2D eigenvalue weighted by molar-refractivity contribution is 6.29. The van der Waals surface area contributed by atoms with Crippen LogP contribution in [-0.4, -0.2) is 15.0 Å². The fraction of sp³-hybridized carbons (Fsp3) is 0.400. The molecule has 1 unspecified atom stereocenters. The van der Waals surface area contributed by atoms with Crippen molar-refractivity contribution in [3.05, 3.63) is 52.3 Å². The van der Waals surface area contributed by atoms with Crippen molar-refractivity contribution in [3.8, 4) is 0 Å². The van der Waals surface area contributed by atoms with Crippen LogP contribution in [0.2, 0.25) is 5.15 Å². The van der Waals surface area contributed by atoms with Crippen LogP contribution >= 0.6 is 11.6 Å². The lowest BCUT2D eigenvalue weighted by Gasteiger charge is -2.11. The number of aromatic nitrogens is 3. The van der Waals surface area contributed by atoms with Crippen LogP contribution in [-0.2, 0) is 12.8 Å². The van der Waals surface area contributed by atoms with E-state index >= 15 is 0 Å². The first-order valence-corrected chi connectivity index (χ1v) is 7.13. The van der Waals surface area contributed by atoms with Crippen LogP contribution in [0.5, 0.6) is 0 Å². The van der Waals surface area contributed by atoms with Crippen molar-refractivity contribution in [2.24, 2.45) is 0 Å². The molecular formula is C15H16ClN3. The SMILES string of the molecule is CCCc1nc(Cl)cc(C2CCc3cccnc32)n1. The molecule has 2 aromatic rings. The Labute approximate surface area is 118 Å². The Kier molecular flexibility index (Phi) is 3.47. The lowest BCUT2D eigenvalue weighted by Crippen LogP contribution is -2.05. The summed E-state index contributed by atoms with van der Waals surface area (Å²) in [5, 5.41) is 0.540. The molecule has 3 nitrogen and oxygen atoms in total. The average Bonchev–Trinajstić information content (AvgIpc) is 2.82. The van der Waals surface area contributed by atoms with E-state index in [0.717, 1.165) is 42.9 Å². The third-order valence-electron chi connectivity index (χ3n) is 3.55. The van der Waals surface area contributed by atoms with Gasteiger partial charge in [0.25, 0.3) is 0 Å². The highest BCUT2D eigenvalue weighted by Crippen LogP contribution is 2.36. The van der Waals surface area contributed by atoms with E-state index in [1.54, 1.807) is 0 Å². The molecule has 0 bridgehead atoms. The van der Waals surface area contributed by atoms with E-state index in [9.17, 15) is 0 Å². The summed E-state index contributed by atoms with van der Waals surface area (Å²) >= 11 is 6.12. The Morgan fingerprint density at radius 1 is 1.37 bits per heavy atom. The van der Waals surface area contributed by atoms with Gasteiger partial charge in [-0.15, -0.1) is 0 Å². The normalized spacial score (nSPS) is 17.5. The molecule has 1 atom stereocenters. The predicted octanol–water partition coefficient (Wildman–Crippen LogP) is 3.56. The topological polar surface area (TPSA) is 38.7 Å². The molecule has 0 fully saturated rings. The van der Waals surface area contributed by atoms with E-state index in [1.165, 1.54) is 5.56 Å². The fourth-order valence-electron chi connectivity index (χ4n) is 2.70. The van der Waals surface area contributed by atoms with Gasteiger partial charge in [0.15, 0.2) is 0 Å². The summed E-state index contributed by atoms with van der Waals surface area (Å²) in [6.45, 7) is 2.12. The Bertz CT molecular complexity index is 598. The van der Waals surface area contributed by atoms with Gasteiger partial charge >= 0.3 is 0 Å². The van der Waals surface area contributed by atoms with Gasteiger partial charge in [-0.1, -0.05) is 24.6 Å². The molecule has 0 amide bonds.